The Bertz CT molecular complexity index is 1930. The summed E-state index contributed by atoms with van der Waals surface area (Å²) in [5.41, 5.74) is 14.1. The van der Waals surface area contributed by atoms with Crippen LogP contribution in [-0.4, -0.2) is 20.4 Å². The first-order chi connectivity index (χ1) is 22.9. The van der Waals surface area contributed by atoms with E-state index in [1.807, 2.05) is 52.0 Å². The van der Waals surface area contributed by atoms with Gasteiger partial charge in [0, 0.05) is 5.92 Å². The fourth-order valence-corrected chi connectivity index (χ4v) is 8.95. The second-order valence-electron chi connectivity index (χ2n) is 14.8. The molecular formula is C44H46O4. The van der Waals surface area contributed by atoms with Gasteiger partial charge in [-0.2, -0.15) is 0 Å². The summed E-state index contributed by atoms with van der Waals surface area (Å²) in [5, 5.41) is 41.6. The van der Waals surface area contributed by atoms with Crippen molar-refractivity contribution in [3.8, 4) is 45.3 Å². The molecule has 4 nitrogen and oxygen atoms in total. The summed E-state index contributed by atoms with van der Waals surface area (Å²) < 4.78 is 0. The lowest BCUT2D eigenvalue weighted by Crippen LogP contribution is -2.25. The van der Waals surface area contributed by atoms with Crippen molar-refractivity contribution in [1.29, 1.82) is 0 Å². The van der Waals surface area contributed by atoms with E-state index >= 15 is 0 Å². The first-order valence-corrected chi connectivity index (χ1v) is 17.2. The molecule has 5 aromatic rings. The third-order valence-corrected chi connectivity index (χ3v) is 11.6. The van der Waals surface area contributed by atoms with Crippen LogP contribution in [0.4, 0.5) is 0 Å². The first-order valence-electron chi connectivity index (χ1n) is 17.2. The fourth-order valence-electron chi connectivity index (χ4n) is 8.95. The number of aromatic hydroxyl groups is 4. The normalized spacial score (nSPS) is 20.1. The lowest BCUT2D eigenvalue weighted by atomic mass is 9.68. The molecule has 0 spiro atoms. The van der Waals surface area contributed by atoms with Gasteiger partial charge in [-0.05, 0) is 199 Å². The third-order valence-electron chi connectivity index (χ3n) is 11.6. The average Bonchev–Trinajstić information content (AvgIpc) is 3.66. The van der Waals surface area contributed by atoms with Crippen LogP contribution < -0.4 is 0 Å². The smallest absolute Gasteiger partial charge is 0.118 e. The van der Waals surface area contributed by atoms with Gasteiger partial charge in [0.05, 0.1) is 0 Å². The van der Waals surface area contributed by atoms with Gasteiger partial charge >= 0.3 is 0 Å². The Morgan fingerprint density at radius 2 is 0.917 bits per heavy atom. The van der Waals surface area contributed by atoms with Gasteiger partial charge in [0.15, 0.2) is 0 Å². The molecule has 0 aromatic heterocycles. The van der Waals surface area contributed by atoms with E-state index in [2.05, 4.69) is 56.3 Å². The maximum Gasteiger partial charge on any atom is 0.118 e. The van der Waals surface area contributed by atoms with Gasteiger partial charge in [0.25, 0.3) is 0 Å². The summed E-state index contributed by atoms with van der Waals surface area (Å²) in [4.78, 5) is 0. The van der Waals surface area contributed by atoms with E-state index in [0.29, 0.717) is 46.7 Å². The number of phenolic OH excluding ortho intramolecular Hbond substituents is 4. The number of benzene rings is 5. The van der Waals surface area contributed by atoms with Crippen molar-refractivity contribution >= 4 is 0 Å². The molecule has 0 saturated heterocycles. The predicted molar refractivity (Wildman–Crippen MR) is 194 cm³/mol. The number of rotatable bonds is 6. The second kappa shape index (κ2) is 12.1. The Labute approximate surface area is 284 Å². The highest BCUT2D eigenvalue weighted by atomic mass is 16.3. The van der Waals surface area contributed by atoms with Crippen molar-refractivity contribution in [3.05, 3.63) is 129 Å². The number of hydrogen-bond donors (Lipinski definition) is 4. The van der Waals surface area contributed by atoms with Crippen LogP contribution in [-0.2, 0) is 0 Å². The molecule has 0 heterocycles. The van der Waals surface area contributed by atoms with Gasteiger partial charge < -0.3 is 20.4 Å². The maximum atomic E-state index is 10.6. The van der Waals surface area contributed by atoms with Crippen molar-refractivity contribution in [2.75, 3.05) is 0 Å². The Balaban J connectivity index is 1.29. The summed E-state index contributed by atoms with van der Waals surface area (Å²) in [6.45, 7) is 12.1. The lowest BCUT2D eigenvalue weighted by Gasteiger charge is -2.36. The molecule has 2 aliphatic carbocycles. The van der Waals surface area contributed by atoms with E-state index < -0.39 is 0 Å². The average molecular weight is 639 g/mol. The zero-order chi connectivity index (χ0) is 34.0. The van der Waals surface area contributed by atoms with Crippen molar-refractivity contribution in [1.82, 2.24) is 0 Å². The lowest BCUT2D eigenvalue weighted by molar-refractivity contribution is 0.279. The third kappa shape index (κ3) is 5.61. The molecule has 7 rings (SSSR count). The molecule has 48 heavy (non-hydrogen) atoms. The Morgan fingerprint density at radius 1 is 0.438 bits per heavy atom. The van der Waals surface area contributed by atoms with Crippen molar-refractivity contribution in [2.24, 2.45) is 17.8 Å². The van der Waals surface area contributed by atoms with E-state index in [0.717, 1.165) is 68.5 Å². The summed E-state index contributed by atoms with van der Waals surface area (Å²) >= 11 is 0. The van der Waals surface area contributed by atoms with Crippen molar-refractivity contribution < 1.29 is 20.4 Å². The zero-order valence-corrected chi connectivity index (χ0v) is 28.8. The van der Waals surface area contributed by atoms with Gasteiger partial charge in [-0.15, -0.1) is 0 Å². The first kappa shape index (κ1) is 31.9. The van der Waals surface area contributed by atoms with E-state index in [9.17, 15) is 20.4 Å². The predicted octanol–water partition coefficient (Wildman–Crippen LogP) is 10.7. The highest BCUT2D eigenvalue weighted by Crippen LogP contribution is 2.61. The molecule has 0 amide bonds. The Hall–Kier alpha value is -4.70. The quantitative estimate of drug-likeness (QED) is 0.149. The Morgan fingerprint density at radius 3 is 1.35 bits per heavy atom. The molecule has 4 N–H and O–H groups in total. The summed E-state index contributed by atoms with van der Waals surface area (Å²) in [6, 6.07) is 26.9. The molecule has 0 radical (unpaired) electrons. The summed E-state index contributed by atoms with van der Waals surface area (Å²) in [5.74, 6) is 3.45. The van der Waals surface area contributed by atoms with Gasteiger partial charge in [0.2, 0.25) is 0 Å². The summed E-state index contributed by atoms with van der Waals surface area (Å²) in [7, 11) is 0. The molecule has 4 unspecified atom stereocenters. The second-order valence-corrected chi connectivity index (χ2v) is 14.8. The Kier molecular flexibility index (Phi) is 8.02. The van der Waals surface area contributed by atoms with Gasteiger partial charge in [-0.25, -0.2) is 0 Å². The molecule has 2 bridgehead atoms. The van der Waals surface area contributed by atoms with Crippen LogP contribution in [0.5, 0.6) is 23.0 Å². The maximum absolute atomic E-state index is 10.6. The summed E-state index contributed by atoms with van der Waals surface area (Å²) in [6.07, 6.45) is 3.42. The number of phenols is 4. The van der Waals surface area contributed by atoms with Crippen LogP contribution in [0.15, 0.2) is 78.9 Å². The largest absolute Gasteiger partial charge is 0.508 e. The number of aryl methyl sites for hydroxylation is 6. The van der Waals surface area contributed by atoms with Crippen LogP contribution in [0.3, 0.4) is 0 Å². The van der Waals surface area contributed by atoms with Crippen LogP contribution in [0.25, 0.3) is 22.3 Å². The zero-order valence-electron chi connectivity index (χ0n) is 28.8. The standard InChI is InChI=1S/C44H46O4/c1-23-15-42(47)27(5)13-36(23)44(37-14-28(6)43(48)16-24(37)2)39-22-34-20-35(39)21-38(34)33-18-31(29-7-9-40(45)25(3)11-29)17-32(19-33)30-8-10-41(46)26(4)12-30/h7-19,34-35,38-39,44-48H,20-22H2,1-6H3. The van der Waals surface area contributed by atoms with Gasteiger partial charge in [0.1, 0.15) is 23.0 Å². The minimum Gasteiger partial charge on any atom is -0.508 e. The van der Waals surface area contributed by atoms with Crippen LogP contribution in [0.2, 0.25) is 0 Å². The van der Waals surface area contributed by atoms with Crippen LogP contribution in [0, 0.1) is 59.3 Å². The molecule has 0 aliphatic heterocycles. The molecule has 4 atom stereocenters. The van der Waals surface area contributed by atoms with E-state index in [1.165, 1.54) is 23.1 Å². The van der Waals surface area contributed by atoms with Crippen molar-refractivity contribution in [3.63, 3.8) is 0 Å². The number of hydrogen-bond acceptors (Lipinski definition) is 4. The van der Waals surface area contributed by atoms with E-state index in [-0.39, 0.29) is 5.92 Å². The minimum atomic E-state index is 0.182. The molecule has 2 saturated carbocycles. The monoisotopic (exact) mass is 638 g/mol. The molecule has 246 valence electrons. The topological polar surface area (TPSA) is 80.9 Å². The molecule has 4 heteroatoms. The minimum absolute atomic E-state index is 0.182. The highest BCUT2D eigenvalue weighted by Gasteiger charge is 2.49. The molecule has 2 fully saturated rings. The van der Waals surface area contributed by atoms with E-state index in [4.69, 9.17) is 0 Å². The molecule has 2 aliphatic rings. The van der Waals surface area contributed by atoms with E-state index in [1.54, 1.807) is 12.1 Å². The van der Waals surface area contributed by atoms with Crippen LogP contribution in [0.1, 0.15) is 81.2 Å². The fraction of sp³-hybridized carbons (Fsp3) is 0.318. The highest BCUT2D eigenvalue weighted by molar-refractivity contribution is 5.76. The molecular weight excluding hydrogens is 592 g/mol. The molecule has 5 aromatic carbocycles. The number of fused-ring (bicyclic) bond motifs is 2. The van der Waals surface area contributed by atoms with Gasteiger partial charge in [-0.1, -0.05) is 36.4 Å². The van der Waals surface area contributed by atoms with Gasteiger partial charge in [-0.3, -0.25) is 0 Å². The SMILES string of the molecule is Cc1cc(-c2cc(-c3ccc(O)c(C)c3)cc(C3CC4CC3CC4C(c3cc(C)c(O)cc3C)c3cc(C)c(O)cc3C)c2)ccc1O. The van der Waals surface area contributed by atoms with Crippen molar-refractivity contribution in [2.45, 2.75) is 72.6 Å². The van der Waals surface area contributed by atoms with Crippen LogP contribution >= 0.6 is 0 Å².